The molecule has 0 radical (unpaired) electrons. The maximum Gasteiger partial charge on any atom is 0.311 e. The standard InChI is InChI=1S/C23H34O5/c1-3-5-7-9-11-13-22(25)27-20-15-19(18-24)16-21(17-20)28-23(26)14-12-10-8-6-4-2/h15-18H,3-14H2,1-2H3. The van der Waals surface area contributed by atoms with Gasteiger partial charge in [-0.05, 0) is 25.0 Å². The fraction of sp³-hybridized carbons (Fsp3) is 0.609. The monoisotopic (exact) mass is 390 g/mol. The minimum absolute atomic E-state index is 0.230. The molecule has 0 aliphatic heterocycles. The van der Waals surface area contributed by atoms with Gasteiger partial charge in [0.15, 0.2) is 0 Å². The van der Waals surface area contributed by atoms with Gasteiger partial charge in [-0.2, -0.15) is 0 Å². The van der Waals surface area contributed by atoms with E-state index >= 15 is 0 Å². The van der Waals surface area contributed by atoms with Crippen LogP contribution in [0.5, 0.6) is 11.5 Å². The molecule has 0 N–H and O–H groups in total. The second kappa shape index (κ2) is 14.8. The lowest BCUT2D eigenvalue weighted by Crippen LogP contribution is -2.10. The molecule has 1 rings (SSSR count). The van der Waals surface area contributed by atoms with Crippen molar-refractivity contribution in [1.82, 2.24) is 0 Å². The average Bonchev–Trinajstić information content (AvgIpc) is 2.67. The van der Waals surface area contributed by atoms with Gasteiger partial charge in [0.2, 0.25) is 0 Å². The van der Waals surface area contributed by atoms with E-state index < -0.39 is 0 Å². The van der Waals surface area contributed by atoms with E-state index in [2.05, 4.69) is 13.8 Å². The predicted molar refractivity (Wildman–Crippen MR) is 110 cm³/mol. The number of hydrogen-bond donors (Lipinski definition) is 0. The molecule has 5 heteroatoms. The summed E-state index contributed by atoms with van der Waals surface area (Å²) in [6.07, 6.45) is 11.8. The van der Waals surface area contributed by atoms with Crippen LogP contribution in [0, 0.1) is 0 Å². The van der Waals surface area contributed by atoms with Crippen LogP contribution in [0.2, 0.25) is 0 Å². The van der Waals surface area contributed by atoms with Gasteiger partial charge in [-0.3, -0.25) is 14.4 Å². The van der Waals surface area contributed by atoms with Crippen molar-refractivity contribution in [2.24, 2.45) is 0 Å². The molecule has 0 atom stereocenters. The summed E-state index contributed by atoms with van der Waals surface area (Å²) in [5, 5.41) is 0. The summed E-state index contributed by atoms with van der Waals surface area (Å²) in [5.41, 5.74) is 0.305. The van der Waals surface area contributed by atoms with Gasteiger partial charge in [-0.25, -0.2) is 0 Å². The predicted octanol–water partition coefficient (Wildman–Crippen LogP) is 6.03. The highest BCUT2D eigenvalue weighted by Gasteiger charge is 2.11. The fourth-order valence-corrected chi connectivity index (χ4v) is 2.89. The number of hydrogen-bond acceptors (Lipinski definition) is 5. The summed E-state index contributed by atoms with van der Waals surface area (Å²) in [7, 11) is 0. The zero-order valence-corrected chi connectivity index (χ0v) is 17.3. The average molecular weight is 391 g/mol. The van der Waals surface area contributed by atoms with E-state index in [4.69, 9.17) is 9.47 Å². The third kappa shape index (κ3) is 10.9. The van der Waals surface area contributed by atoms with Gasteiger partial charge in [0.1, 0.15) is 17.8 Å². The van der Waals surface area contributed by atoms with E-state index in [9.17, 15) is 14.4 Å². The molecule has 0 spiro atoms. The molecule has 0 aliphatic carbocycles. The Kier molecular flexibility index (Phi) is 12.6. The molecule has 0 unspecified atom stereocenters. The van der Waals surface area contributed by atoms with Crippen molar-refractivity contribution in [3.8, 4) is 11.5 Å². The quantitative estimate of drug-likeness (QED) is 0.158. The largest absolute Gasteiger partial charge is 0.426 e. The van der Waals surface area contributed by atoms with Crippen LogP contribution in [0.1, 0.15) is 101 Å². The van der Waals surface area contributed by atoms with E-state index in [1.807, 2.05) is 0 Å². The number of carbonyl (C=O) groups is 3. The second-order valence-electron chi connectivity index (χ2n) is 7.13. The van der Waals surface area contributed by atoms with Gasteiger partial charge in [-0.15, -0.1) is 0 Å². The smallest absolute Gasteiger partial charge is 0.311 e. The maximum atomic E-state index is 12.0. The number of rotatable bonds is 15. The number of esters is 2. The lowest BCUT2D eigenvalue weighted by molar-refractivity contribution is -0.135. The molecule has 0 amide bonds. The molecule has 1 aromatic rings. The van der Waals surface area contributed by atoms with Crippen molar-refractivity contribution in [3.05, 3.63) is 23.8 Å². The van der Waals surface area contributed by atoms with Gasteiger partial charge in [-0.1, -0.05) is 65.2 Å². The van der Waals surface area contributed by atoms with Crippen LogP contribution in [0.25, 0.3) is 0 Å². The van der Waals surface area contributed by atoms with Gasteiger partial charge in [0, 0.05) is 24.5 Å². The minimum atomic E-state index is -0.340. The van der Waals surface area contributed by atoms with Crippen LogP contribution < -0.4 is 9.47 Å². The Hall–Kier alpha value is -2.17. The molecule has 0 bridgehead atoms. The van der Waals surface area contributed by atoms with Crippen molar-refractivity contribution < 1.29 is 23.9 Å². The van der Waals surface area contributed by atoms with Crippen LogP contribution in [0.4, 0.5) is 0 Å². The Morgan fingerprint density at radius 2 is 1.14 bits per heavy atom. The molecular formula is C23H34O5. The molecular weight excluding hydrogens is 356 g/mol. The summed E-state index contributed by atoms with van der Waals surface area (Å²) < 4.78 is 10.6. The maximum absolute atomic E-state index is 12.0. The fourth-order valence-electron chi connectivity index (χ4n) is 2.89. The molecule has 0 saturated carbocycles. The zero-order valence-electron chi connectivity index (χ0n) is 17.3. The highest BCUT2D eigenvalue weighted by molar-refractivity contribution is 5.79. The summed E-state index contributed by atoms with van der Waals surface area (Å²) >= 11 is 0. The summed E-state index contributed by atoms with van der Waals surface area (Å²) in [6, 6.07) is 4.44. The lowest BCUT2D eigenvalue weighted by atomic mass is 10.1. The Bertz CT molecular complexity index is 563. The molecule has 0 aliphatic rings. The van der Waals surface area contributed by atoms with E-state index in [0.717, 1.165) is 51.4 Å². The third-order valence-electron chi connectivity index (χ3n) is 4.47. The van der Waals surface area contributed by atoms with Crippen LogP contribution in [0.3, 0.4) is 0 Å². The SMILES string of the molecule is CCCCCCCC(=O)Oc1cc(C=O)cc(OC(=O)CCCCCCC)c1. The number of carbonyl (C=O) groups excluding carboxylic acids is 3. The van der Waals surface area contributed by atoms with E-state index in [-0.39, 0.29) is 23.4 Å². The topological polar surface area (TPSA) is 69.7 Å². The van der Waals surface area contributed by atoms with Crippen LogP contribution >= 0.6 is 0 Å². The molecule has 0 saturated heterocycles. The Balaban J connectivity index is 2.51. The first-order valence-electron chi connectivity index (χ1n) is 10.6. The zero-order chi connectivity index (χ0) is 20.6. The molecule has 0 fully saturated rings. The number of unbranched alkanes of at least 4 members (excludes halogenated alkanes) is 8. The molecule has 0 aromatic heterocycles. The minimum Gasteiger partial charge on any atom is -0.426 e. The van der Waals surface area contributed by atoms with Crippen molar-refractivity contribution >= 4 is 18.2 Å². The van der Waals surface area contributed by atoms with Crippen molar-refractivity contribution in [2.45, 2.75) is 90.9 Å². The summed E-state index contributed by atoms with van der Waals surface area (Å²) in [4.78, 5) is 35.1. The lowest BCUT2D eigenvalue weighted by Gasteiger charge is -2.09. The van der Waals surface area contributed by atoms with Crippen LogP contribution in [0.15, 0.2) is 18.2 Å². The van der Waals surface area contributed by atoms with Crippen molar-refractivity contribution in [3.63, 3.8) is 0 Å². The van der Waals surface area contributed by atoms with Crippen LogP contribution in [-0.2, 0) is 9.59 Å². The summed E-state index contributed by atoms with van der Waals surface area (Å²) in [5.74, 6) is -0.219. The first-order chi connectivity index (χ1) is 13.6. The highest BCUT2D eigenvalue weighted by Crippen LogP contribution is 2.23. The first kappa shape index (κ1) is 23.9. The van der Waals surface area contributed by atoms with Gasteiger partial charge < -0.3 is 9.47 Å². The van der Waals surface area contributed by atoms with E-state index in [1.165, 1.54) is 31.0 Å². The van der Waals surface area contributed by atoms with Crippen molar-refractivity contribution in [1.29, 1.82) is 0 Å². The third-order valence-corrected chi connectivity index (χ3v) is 4.47. The second-order valence-corrected chi connectivity index (χ2v) is 7.13. The normalized spacial score (nSPS) is 10.5. The van der Waals surface area contributed by atoms with Gasteiger partial charge in [0.05, 0.1) is 0 Å². The number of ether oxygens (including phenoxy) is 2. The molecule has 0 heterocycles. The molecule has 5 nitrogen and oxygen atoms in total. The van der Waals surface area contributed by atoms with E-state index in [0.29, 0.717) is 24.7 Å². The van der Waals surface area contributed by atoms with Gasteiger partial charge >= 0.3 is 11.9 Å². The number of aldehydes is 1. The Morgan fingerprint density at radius 3 is 1.54 bits per heavy atom. The Labute approximate surface area is 168 Å². The van der Waals surface area contributed by atoms with E-state index in [1.54, 1.807) is 0 Å². The first-order valence-corrected chi connectivity index (χ1v) is 10.6. The molecule has 156 valence electrons. The number of benzene rings is 1. The molecule has 28 heavy (non-hydrogen) atoms. The van der Waals surface area contributed by atoms with Gasteiger partial charge in [0.25, 0.3) is 0 Å². The summed E-state index contributed by atoms with van der Waals surface area (Å²) in [6.45, 7) is 4.29. The van der Waals surface area contributed by atoms with Crippen LogP contribution in [-0.4, -0.2) is 18.2 Å². The molecule has 1 aromatic carbocycles. The van der Waals surface area contributed by atoms with Crippen molar-refractivity contribution in [2.75, 3.05) is 0 Å². The highest BCUT2D eigenvalue weighted by atomic mass is 16.5. The Morgan fingerprint density at radius 1 is 0.714 bits per heavy atom.